The van der Waals surface area contributed by atoms with Crippen LogP contribution in [-0.2, 0) is 5.75 Å². The van der Waals surface area contributed by atoms with Gasteiger partial charge in [0, 0.05) is 18.5 Å². The molecular formula is C27H18N6O2S3. The third-order valence-corrected chi connectivity index (χ3v) is 8.71. The normalized spacial score (nSPS) is 11.6. The number of nitrogens with zero attached hydrogens (tertiary/aromatic N) is 5. The summed E-state index contributed by atoms with van der Waals surface area (Å²) >= 11 is 4.51. The molecule has 3 aromatic carbocycles. The first-order chi connectivity index (χ1) is 18.6. The van der Waals surface area contributed by atoms with E-state index in [9.17, 15) is 10.1 Å². The Morgan fingerprint density at radius 1 is 1.00 bits per heavy atom. The van der Waals surface area contributed by atoms with Gasteiger partial charge in [-0.2, -0.15) is 0 Å². The van der Waals surface area contributed by atoms with Crippen molar-refractivity contribution in [1.29, 1.82) is 0 Å². The Balaban J connectivity index is 1.17. The monoisotopic (exact) mass is 554 g/mol. The van der Waals surface area contributed by atoms with Crippen molar-refractivity contribution >= 4 is 73.7 Å². The summed E-state index contributed by atoms with van der Waals surface area (Å²) in [7, 11) is 0. The molecule has 0 amide bonds. The summed E-state index contributed by atoms with van der Waals surface area (Å²) in [6, 6.07) is 24.4. The quantitative estimate of drug-likeness (QED) is 0.0889. The molecule has 3 aromatic heterocycles. The van der Waals surface area contributed by atoms with Crippen LogP contribution < -0.4 is 0 Å². The Kier molecular flexibility index (Phi) is 6.86. The van der Waals surface area contributed by atoms with Crippen LogP contribution in [0, 0.1) is 10.1 Å². The first-order valence-corrected chi connectivity index (χ1v) is 14.1. The lowest BCUT2D eigenvalue weighted by Gasteiger charge is -2.03. The van der Waals surface area contributed by atoms with Crippen molar-refractivity contribution in [3.8, 4) is 0 Å². The van der Waals surface area contributed by atoms with E-state index in [4.69, 9.17) is 4.98 Å². The molecule has 0 saturated heterocycles. The lowest BCUT2D eigenvalue weighted by atomic mass is 10.2. The van der Waals surface area contributed by atoms with Gasteiger partial charge in [0.15, 0.2) is 4.34 Å². The van der Waals surface area contributed by atoms with Crippen LogP contribution in [0.2, 0.25) is 0 Å². The van der Waals surface area contributed by atoms with Crippen LogP contribution in [0.4, 0.5) is 11.4 Å². The largest absolute Gasteiger partial charge is 0.341 e. The van der Waals surface area contributed by atoms with Gasteiger partial charge >= 0.3 is 0 Å². The van der Waals surface area contributed by atoms with Crippen molar-refractivity contribution in [3.05, 3.63) is 107 Å². The zero-order valence-corrected chi connectivity index (χ0v) is 22.1. The van der Waals surface area contributed by atoms with E-state index < -0.39 is 0 Å². The average Bonchev–Trinajstić information content (AvgIpc) is 3.55. The third-order valence-electron chi connectivity index (χ3n) is 5.52. The van der Waals surface area contributed by atoms with E-state index in [1.807, 2.05) is 66.7 Å². The number of pyridine rings is 1. The molecule has 11 heteroatoms. The third kappa shape index (κ3) is 5.44. The number of nitro groups is 1. The topological polar surface area (TPSA) is 110 Å². The molecule has 186 valence electrons. The van der Waals surface area contributed by atoms with Crippen molar-refractivity contribution in [2.24, 2.45) is 4.99 Å². The lowest BCUT2D eigenvalue weighted by Crippen LogP contribution is -1.93. The highest BCUT2D eigenvalue weighted by atomic mass is 32.2. The predicted octanol–water partition coefficient (Wildman–Crippen LogP) is 7.67. The number of benzene rings is 3. The summed E-state index contributed by atoms with van der Waals surface area (Å²) in [6.07, 6.45) is 3.30. The SMILES string of the molecule is O=[N+]([O-])c1cc(C=Nc2ccc3nc(SCc4nc5ccccc5[nH]4)sc3c2)ccc1Sc1ccccn1. The minimum Gasteiger partial charge on any atom is -0.341 e. The molecule has 8 nitrogen and oxygen atoms in total. The molecule has 3 heterocycles. The van der Waals surface area contributed by atoms with E-state index in [1.54, 1.807) is 41.6 Å². The van der Waals surface area contributed by atoms with E-state index in [0.29, 0.717) is 21.2 Å². The van der Waals surface area contributed by atoms with Gasteiger partial charge in [0.05, 0.1) is 42.5 Å². The van der Waals surface area contributed by atoms with E-state index in [2.05, 4.69) is 19.9 Å². The van der Waals surface area contributed by atoms with Crippen molar-refractivity contribution in [2.75, 3.05) is 0 Å². The first kappa shape index (κ1) is 24.3. The van der Waals surface area contributed by atoms with Gasteiger partial charge in [-0.05, 0) is 54.1 Å². The number of nitrogens with one attached hydrogen (secondary N) is 1. The minimum absolute atomic E-state index is 0.0219. The number of hydrogen-bond donors (Lipinski definition) is 1. The van der Waals surface area contributed by atoms with E-state index >= 15 is 0 Å². The van der Waals surface area contributed by atoms with E-state index in [-0.39, 0.29) is 10.6 Å². The second-order valence-electron chi connectivity index (χ2n) is 8.13. The van der Waals surface area contributed by atoms with Crippen LogP contribution in [-0.4, -0.2) is 31.1 Å². The zero-order chi connectivity index (χ0) is 25.9. The number of nitro benzene ring substituents is 1. The molecule has 0 saturated carbocycles. The summed E-state index contributed by atoms with van der Waals surface area (Å²) in [5, 5.41) is 12.4. The Hall–Kier alpha value is -4.06. The zero-order valence-electron chi connectivity index (χ0n) is 19.6. The number of thioether (sulfide) groups is 1. The van der Waals surface area contributed by atoms with Gasteiger partial charge in [-0.1, -0.05) is 47.8 Å². The number of hydrogen-bond acceptors (Lipinski definition) is 9. The fourth-order valence-corrected chi connectivity index (χ4v) is 6.58. The molecule has 0 spiro atoms. The van der Waals surface area contributed by atoms with Gasteiger partial charge in [-0.15, -0.1) is 11.3 Å². The Morgan fingerprint density at radius 2 is 1.89 bits per heavy atom. The molecule has 0 unspecified atom stereocenters. The molecule has 0 aliphatic heterocycles. The number of rotatable bonds is 8. The molecule has 0 aliphatic rings. The van der Waals surface area contributed by atoms with Gasteiger partial charge in [0.1, 0.15) is 10.9 Å². The van der Waals surface area contributed by atoms with Crippen molar-refractivity contribution in [3.63, 3.8) is 0 Å². The molecule has 0 aliphatic carbocycles. The smallest absolute Gasteiger partial charge is 0.283 e. The predicted molar refractivity (Wildman–Crippen MR) is 154 cm³/mol. The lowest BCUT2D eigenvalue weighted by molar-refractivity contribution is -0.387. The van der Waals surface area contributed by atoms with Gasteiger partial charge in [-0.25, -0.2) is 15.0 Å². The number of para-hydroxylation sites is 2. The second-order valence-corrected chi connectivity index (χ2v) is 11.4. The standard InChI is InChI=1S/C27H18N6O2S3/c34-33(35)22-13-17(8-11-23(22)37-26-7-3-4-12-28-26)15-29-18-9-10-21-24(14-18)38-27(32-21)36-16-25-30-19-5-1-2-6-20(19)31-25/h1-15H,16H2,(H,30,31). The number of aromatic nitrogens is 4. The van der Waals surface area contributed by atoms with Crippen LogP contribution in [0.5, 0.6) is 0 Å². The molecular weight excluding hydrogens is 537 g/mol. The van der Waals surface area contributed by atoms with Gasteiger partial charge < -0.3 is 4.98 Å². The highest BCUT2D eigenvalue weighted by Gasteiger charge is 2.16. The van der Waals surface area contributed by atoms with Crippen LogP contribution in [0.1, 0.15) is 11.4 Å². The second kappa shape index (κ2) is 10.7. The Labute approximate surface area is 229 Å². The molecule has 38 heavy (non-hydrogen) atoms. The summed E-state index contributed by atoms with van der Waals surface area (Å²) in [5.74, 6) is 1.62. The number of fused-ring (bicyclic) bond motifs is 2. The van der Waals surface area contributed by atoms with Gasteiger partial charge in [-0.3, -0.25) is 15.1 Å². The number of imidazole rings is 1. The minimum atomic E-state index is -0.378. The molecule has 0 radical (unpaired) electrons. The number of thiazole rings is 1. The van der Waals surface area contributed by atoms with Gasteiger partial charge in [0.25, 0.3) is 5.69 Å². The van der Waals surface area contributed by atoms with Crippen LogP contribution in [0.3, 0.4) is 0 Å². The van der Waals surface area contributed by atoms with Crippen molar-refractivity contribution in [2.45, 2.75) is 20.0 Å². The van der Waals surface area contributed by atoms with Crippen LogP contribution in [0.25, 0.3) is 21.3 Å². The van der Waals surface area contributed by atoms with Crippen LogP contribution in [0.15, 0.2) is 104 Å². The Bertz CT molecular complexity index is 1770. The summed E-state index contributed by atoms with van der Waals surface area (Å²) < 4.78 is 1.98. The molecule has 6 rings (SSSR count). The fourth-order valence-electron chi connectivity index (χ4n) is 3.75. The molecule has 1 N–H and O–H groups in total. The fraction of sp³-hybridized carbons (Fsp3) is 0.0370. The van der Waals surface area contributed by atoms with Gasteiger partial charge in [0.2, 0.25) is 0 Å². The maximum atomic E-state index is 11.7. The van der Waals surface area contributed by atoms with E-state index in [0.717, 1.165) is 37.1 Å². The molecule has 0 atom stereocenters. The number of H-pyrrole nitrogens is 1. The Morgan fingerprint density at radius 3 is 2.74 bits per heavy atom. The summed E-state index contributed by atoms with van der Waals surface area (Å²) in [6.45, 7) is 0. The number of aliphatic imine (C=N–C) groups is 1. The maximum absolute atomic E-state index is 11.7. The average molecular weight is 555 g/mol. The highest BCUT2D eigenvalue weighted by molar-refractivity contribution is 8.00. The maximum Gasteiger partial charge on any atom is 0.283 e. The van der Waals surface area contributed by atoms with Crippen molar-refractivity contribution < 1.29 is 4.92 Å². The number of aromatic amines is 1. The molecule has 6 aromatic rings. The molecule has 0 bridgehead atoms. The summed E-state index contributed by atoms with van der Waals surface area (Å²) in [5.41, 5.74) is 4.32. The highest BCUT2D eigenvalue weighted by Crippen LogP contribution is 2.35. The van der Waals surface area contributed by atoms with E-state index in [1.165, 1.54) is 17.8 Å². The van der Waals surface area contributed by atoms with Crippen molar-refractivity contribution in [1.82, 2.24) is 19.9 Å². The molecule has 0 fully saturated rings. The van der Waals surface area contributed by atoms with Crippen LogP contribution >= 0.6 is 34.9 Å². The first-order valence-electron chi connectivity index (χ1n) is 11.5. The summed E-state index contributed by atoms with van der Waals surface area (Å²) in [4.78, 5) is 33.3.